The molecule has 0 bridgehead atoms. The molecular weight excluding hydrogens is 380 g/mol. The van der Waals surface area contributed by atoms with Gasteiger partial charge in [-0.05, 0) is 58.5 Å². The monoisotopic (exact) mass is 405 g/mol. The molecule has 28 heavy (non-hydrogen) atoms. The molecule has 5 rings (SSSR count). The van der Waals surface area contributed by atoms with Crippen LogP contribution in [0.5, 0.6) is 0 Å². The third-order valence-electron chi connectivity index (χ3n) is 5.95. The number of fused-ring (bicyclic) bond motifs is 7. The Morgan fingerprint density at radius 3 is 2.86 bits per heavy atom. The molecular formula is C24H25N2S2+. The highest BCUT2D eigenvalue weighted by molar-refractivity contribution is 7.26. The Morgan fingerprint density at radius 1 is 1.29 bits per heavy atom. The first kappa shape index (κ1) is 18.0. The van der Waals surface area contributed by atoms with Gasteiger partial charge >= 0.3 is 0 Å². The van der Waals surface area contributed by atoms with Crippen LogP contribution in [-0.4, -0.2) is 4.98 Å². The van der Waals surface area contributed by atoms with E-state index in [1.54, 1.807) is 0 Å². The SMILES string of the molecule is C=CC1C(C)c2c(C)csc2-c2c3sc4c(CC(C)C)cccc4c3nc[n+]21. The Morgan fingerprint density at radius 2 is 2.11 bits per heavy atom. The van der Waals surface area contributed by atoms with Crippen molar-refractivity contribution in [2.45, 2.75) is 46.1 Å². The molecule has 0 fully saturated rings. The lowest BCUT2D eigenvalue weighted by Crippen LogP contribution is -2.46. The summed E-state index contributed by atoms with van der Waals surface area (Å²) in [4.78, 5) is 6.36. The quantitative estimate of drug-likeness (QED) is 0.270. The van der Waals surface area contributed by atoms with E-state index in [2.05, 4.69) is 68.5 Å². The lowest BCUT2D eigenvalue weighted by Gasteiger charge is -2.27. The van der Waals surface area contributed by atoms with Gasteiger partial charge in [-0.1, -0.05) is 39.5 Å². The number of rotatable bonds is 3. The highest BCUT2D eigenvalue weighted by atomic mass is 32.1. The summed E-state index contributed by atoms with van der Waals surface area (Å²) < 4.78 is 5.07. The van der Waals surface area contributed by atoms with Crippen molar-refractivity contribution in [2.24, 2.45) is 5.92 Å². The molecule has 0 spiro atoms. The Labute approximate surface area is 174 Å². The second-order valence-corrected chi connectivity index (χ2v) is 10.2. The number of aromatic nitrogens is 2. The van der Waals surface area contributed by atoms with E-state index in [0.29, 0.717) is 11.8 Å². The number of aryl methyl sites for hydroxylation is 1. The number of benzene rings is 1. The van der Waals surface area contributed by atoms with Crippen molar-refractivity contribution in [3.8, 4) is 10.6 Å². The summed E-state index contributed by atoms with van der Waals surface area (Å²) >= 11 is 3.79. The van der Waals surface area contributed by atoms with Gasteiger partial charge < -0.3 is 0 Å². The van der Waals surface area contributed by atoms with Crippen LogP contribution >= 0.6 is 22.7 Å². The maximum atomic E-state index is 4.95. The molecule has 0 aliphatic carbocycles. The molecule has 0 saturated carbocycles. The van der Waals surface area contributed by atoms with Crippen LogP contribution in [-0.2, 0) is 6.42 Å². The summed E-state index contributed by atoms with van der Waals surface area (Å²) in [6, 6.07) is 6.95. The van der Waals surface area contributed by atoms with Gasteiger partial charge in [-0.3, -0.25) is 0 Å². The van der Waals surface area contributed by atoms with Gasteiger partial charge in [0.25, 0.3) is 6.33 Å². The predicted molar refractivity (Wildman–Crippen MR) is 122 cm³/mol. The maximum Gasteiger partial charge on any atom is 0.287 e. The molecule has 142 valence electrons. The van der Waals surface area contributed by atoms with Crippen molar-refractivity contribution in [2.75, 3.05) is 0 Å². The fraction of sp³-hybridized carbons (Fsp3) is 0.333. The molecule has 0 saturated heterocycles. The predicted octanol–water partition coefficient (Wildman–Crippen LogP) is 6.82. The molecule has 0 N–H and O–H groups in total. The van der Waals surface area contributed by atoms with E-state index >= 15 is 0 Å². The van der Waals surface area contributed by atoms with Crippen LogP contribution in [0.3, 0.4) is 0 Å². The van der Waals surface area contributed by atoms with Crippen molar-refractivity contribution < 1.29 is 4.57 Å². The highest BCUT2D eigenvalue weighted by Gasteiger charge is 2.37. The van der Waals surface area contributed by atoms with Crippen molar-refractivity contribution in [3.63, 3.8) is 0 Å². The maximum absolute atomic E-state index is 4.95. The third-order valence-corrected chi connectivity index (χ3v) is 8.35. The fourth-order valence-corrected chi connectivity index (χ4v) is 7.33. The standard InChI is InChI=1S/C24H25N2S2/c1-6-18-15(5)19-14(4)11-27-23(19)21-24-20(25-12-26(18)21)17-9-7-8-16(10-13(2)3)22(17)28-24/h6-9,11-13,15,18H,1,10H2,2-5H3/q+1. The first-order valence-electron chi connectivity index (χ1n) is 9.96. The van der Waals surface area contributed by atoms with E-state index < -0.39 is 0 Å². The lowest BCUT2D eigenvalue weighted by molar-refractivity contribution is -0.707. The average Bonchev–Trinajstić information content (AvgIpc) is 3.23. The molecule has 1 aromatic carbocycles. The van der Waals surface area contributed by atoms with Gasteiger partial charge in [0.15, 0.2) is 5.69 Å². The average molecular weight is 406 g/mol. The molecule has 4 heteroatoms. The van der Waals surface area contributed by atoms with E-state index in [0.717, 1.165) is 11.9 Å². The zero-order valence-electron chi connectivity index (χ0n) is 16.8. The van der Waals surface area contributed by atoms with Gasteiger partial charge in [-0.2, -0.15) is 0 Å². The first-order chi connectivity index (χ1) is 13.5. The second kappa shape index (κ2) is 6.50. The molecule has 0 radical (unpaired) electrons. The molecule has 4 aromatic rings. The van der Waals surface area contributed by atoms with Crippen LogP contribution in [0.1, 0.15) is 49.4 Å². The minimum absolute atomic E-state index is 0.244. The largest absolute Gasteiger partial charge is 0.287 e. The number of hydrogen-bond donors (Lipinski definition) is 0. The molecule has 3 aromatic heterocycles. The highest BCUT2D eigenvalue weighted by Crippen LogP contribution is 2.48. The van der Waals surface area contributed by atoms with Crippen LogP contribution in [0.25, 0.3) is 30.9 Å². The smallest absolute Gasteiger partial charge is 0.221 e. The van der Waals surface area contributed by atoms with Gasteiger partial charge in [-0.25, -0.2) is 4.57 Å². The summed E-state index contributed by atoms with van der Waals surface area (Å²) in [5, 5.41) is 3.60. The summed E-state index contributed by atoms with van der Waals surface area (Å²) in [6.45, 7) is 13.3. The first-order valence-corrected chi connectivity index (χ1v) is 11.7. The van der Waals surface area contributed by atoms with Crippen LogP contribution in [0.15, 0.2) is 42.6 Å². The van der Waals surface area contributed by atoms with Gasteiger partial charge in [-0.15, -0.1) is 22.7 Å². The van der Waals surface area contributed by atoms with Gasteiger partial charge in [0.2, 0.25) is 5.52 Å². The summed E-state index contributed by atoms with van der Waals surface area (Å²) in [6.07, 6.45) is 5.23. The molecule has 2 unspecified atom stereocenters. The van der Waals surface area contributed by atoms with Crippen LogP contribution in [0.2, 0.25) is 0 Å². The van der Waals surface area contributed by atoms with Gasteiger partial charge in [0.05, 0.1) is 4.88 Å². The molecule has 0 amide bonds. The third kappa shape index (κ3) is 2.44. The van der Waals surface area contributed by atoms with E-state index in [1.165, 1.54) is 42.0 Å². The zero-order valence-corrected chi connectivity index (χ0v) is 18.5. The van der Waals surface area contributed by atoms with E-state index in [-0.39, 0.29) is 6.04 Å². The topological polar surface area (TPSA) is 16.8 Å². The molecule has 4 heterocycles. The normalized spacial score (nSPS) is 18.6. The molecule has 1 aliphatic rings. The van der Waals surface area contributed by atoms with Crippen molar-refractivity contribution in [1.82, 2.24) is 4.98 Å². The summed E-state index contributed by atoms with van der Waals surface area (Å²) in [7, 11) is 0. The van der Waals surface area contributed by atoms with Crippen molar-refractivity contribution >= 4 is 43.0 Å². The Hall–Kier alpha value is -2.04. The van der Waals surface area contributed by atoms with Crippen molar-refractivity contribution in [3.05, 3.63) is 59.3 Å². The summed E-state index contributed by atoms with van der Waals surface area (Å²) in [5.41, 5.74) is 6.81. The van der Waals surface area contributed by atoms with Gasteiger partial charge in [0, 0.05) is 16.0 Å². The lowest BCUT2D eigenvalue weighted by atomic mass is 9.86. The Balaban J connectivity index is 1.88. The minimum Gasteiger partial charge on any atom is -0.221 e. The fourth-order valence-electron chi connectivity index (χ4n) is 4.73. The Bertz CT molecular complexity index is 1230. The summed E-state index contributed by atoms with van der Waals surface area (Å²) in [5.74, 6) is 1.06. The number of hydrogen-bond acceptors (Lipinski definition) is 3. The van der Waals surface area contributed by atoms with Crippen LogP contribution in [0.4, 0.5) is 0 Å². The number of nitrogens with zero attached hydrogens (tertiary/aromatic N) is 2. The molecule has 2 nitrogen and oxygen atoms in total. The van der Waals surface area contributed by atoms with Crippen molar-refractivity contribution in [1.29, 1.82) is 0 Å². The second-order valence-electron chi connectivity index (χ2n) is 8.35. The Kier molecular flexibility index (Phi) is 4.18. The van der Waals surface area contributed by atoms with Gasteiger partial charge in [0.1, 0.15) is 10.7 Å². The zero-order chi connectivity index (χ0) is 19.6. The van der Waals surface area contributed by atoms with E-state index in [9.17, 15) is 0 Å². The minimum atomic E-state index is 0.244. The molecule has 1 aliphatic heterocycles. The van der Waals surface area contributed by atoms with Crippen LogP contribution < -0.4 is 4.57 Å². The van der Waals surface area contributed by atoms with Crippen LogP contribution in [0, 0.1) is 12.8 Å². The number of allylic oxidation sites excluding steroid dienone is 1. The number of thiophene rings is 2. The van der Waals surface area contributed by atoms with E-state index in [4.69, 9.17) is 4.98 Å². The molecule has 2 atom stereocenters. The van der Waals surface area contributed by atoms with E-state index in [1.807, 2.05) is 29.0 Å².